The fraction of sp³-hybridized carbons (Fsp3) is 0.154. The second-order valence-corrected chi connectivity index (χ2v) is 6.14. The van der Waals surface area contributed by atoms with Crippen molar-refractivity contribution in [3.8, 4) is 11.3 Å². The average Bonchev–Trinajstić information content (AvgIpc) is 2.80. The second-order valence-electron chi connectivity index (χ2n) is 4.25. The number of thiophene rings is 1. The quantitative estimate of drug-likeness (QED) is 0.733. The summed E-state index contributed by atoms with van der Waals surface area (Å²) in [5, 5.41) is 0.649. The van der Waals surface area contributed by atoms with Gasteiger partial charge in [0.1, 0.15) is 17.2 Å². The molecule has 2 N–H and O–H groups in total. The van der Waals surface area contributed by atoms with E-state index < -0.39 is 0 Å². The summed E-state index contributed by atoms with van der Waals surface area (Å²) in [6.45, 7) is 4.17. The molecule has 0 spiro atoms. The SMILES string of the molecule is Cc1cc(-c2nc3ccc(Cl)cn3c2N)c(C)s1. The zero-order valence-corrected chi connectivity index (χ0v) is 11.6. The molecule has 0 aliphatic rings. The lowest BCUT2D eigenvalue weighted by Gasteiger charge is -1.98. The van der Waals surface area contributed by atoms with Crippen LogP contribution < -0.4 is 5.73 Å². The van der Waals surface area contributed by atoms with Crippen molar-refractivity contribution in [2.75, 3.05) is 5.73 Å². The van der Waals surface area contributed by atoms with Crippen LogP contribution in [0.1, 0.15) is 9.75 Å². The van der Waals surface area contributed by atoms with Crippen molar-refractivity contribution in [1.29, 1.82) is 0 Å². The lowest BCUT2D eigenvalue weighted by Crippen LogP contribution is -1.93. The highest BCUT2D eigenvalue weighted by atomic mass is 35.5. The van der Waals surface area contributed by atoms with E-state index in [-0.39, 0.29) is 0 Å². The molecule has 0 aromatic carbocycles. The van der Waals surface area contributed by atoms with Gasteiger partial charge in [-0.2, -0.15) is 0 Å². The van der Waals surface area contributed by atoms with E-state index in [0.29, 0.717) is 10.8 Å². The minimum absolute atomic E-state index is 0.633. The molecule has 3 heterocycles. The van der Waals surface area contributed by atoms with Crippen LogP contribution in [-0.4, -0.2) is 9.38 Å². The number of hydrogen-bond acceptors (Lipinski definition) is 3. The minimum atomic E-state index is 0.633. The van der Waals surface area contributed by atoms with Crippen molar-refractivity contribution in [2.24, 2.45) is 0 Å². The molecule has 0 saturated carbocycles. The number of aryl methyl sites for hydroxylation is 2. The van der Waals surface area contributed by atoms with Gasteiger partial charge in [-0.1, -0.05) is 11.6 Å². The van der Waals surface area contributed by atoms with Crippen LogP contribution in [-0.2, 0) is 0 Å². The number of nitrogens with zero attached hydrogens (tertiary/aromatic N) is 2. The summed E-state index contributed by atoms with van der Waals surface area (Å²) >= 11 is 7.73. The summed E-state index contributed by atoms with van der Waals surface area (Å²) in [6, 6.07) is 5.81. The lowest BCUT2D eigenvalue weighted by molar-refractivity contribution is 1.20. The van der Waals surface area contributed by atoms with E-state index in [1.54, 1.807) is 17.5 Å². The number of pyridine rings is 1. The van der Waals surface area contributed by atoms with Gasteiger partial charge >= 0.3 is 0 Å². The Morgan fingerprint density at radius 2 is 2.11 bits per heavy atom. The van der Waals surface area contributed by atoms with Crippen molar-refractivity contribution in [3.05, 3.63) is 39.2 Å². The highest BCUT2D eigenvalue weighted by molar-refractivity contribution is 7.12. The molecule has 3 aromatic rings. The Labute approximate surface area is 114 Å². The number of nitrogen functional groups attached to an aromatic ring is 1. The standard InChI is InChI=1S/C13H12ClN3S/c1-7-5-10(8(2)18-7)12-13(15)17-6-9(14)3-4-11(17)16-12/h3-6H,15H2,1-2H3. The molecule has 0 saturated heterocycles. The van der Waals surface area contributed by atoms with E-state index in [4.69, 9.17) is 17.3 Å². The number of hydrogen-bond donors (Lipinski definition) is 1. The first kappa shape index (κ1) is 11.6. The molecule has 0 bridgehead atoms. The Bertz CT molecular complexity index is 742. The van der Waals surface area contributed by atoms with Crippen LogP contribution >= 0.6 is 22.9 Å². The molecule has 0 unspecified atom stereocenters. The van der Waals surface area contributed by atoms with Crippen molar-refractivity contribution >= 4 is 34.4 Å². The number of aromatic nitrogens is 2. The van der Waals surface area contributed by atoms with E-state index >= 15 is 0 Å². The highest BCUT2D eigenvalue weighted by Gasteiger charge is 2.15. The molecule has 0 amide bonds. The molecule has 0 aliphatic heterocycles. The van der Waals surface area contributed by atoms with E-state index in [1.807, 2.05) is 16.5 Å². The molecule has 18 heavy (non-hydrogen) atoms. The van der Waals surface area contributed by atoms with Crippen molar-refractivity contribution in [1.82, 2.24) is 9.38 Å². The molecular formula is C13H12ClN3S. The molecule has 3 nitrogen and oxygen atoms in total. The number of imidazole rings is 1. The third kappa shape index (κ3) is 1.69. The first-order chi connectivity index (χ1) is 8.56. The second kappa shape index (κ2) is 4.00. The summed E-state index contributed by atoms with van der Waals surface area (Å²) in [5.74, 6) is 0.633. The van der Waals surface area contributed by atoms with Gasteiger partial charge in [-0.05, 0) is 32.0 Å². The van der Waals surface area contributed by atoms with Crippen LogP contribution in [0.15, 0.2) is 24.4 Å². The molecule has 0 atom stereocenters. The van der Waals surface area contributed by atoms with Gasteiger partial charge in [0.15, 0.2) is 0 Å². The van der Waals surface area contributed by atoms with E-state index in [9.17, 15) is 0 Å². The summed E-state index contributed by atoms with van der Waals surface area (Å²) in [5.41, 5.74) is 8.92. The number of nitrogens with two attached hydrogens (primary N) is 1. The minimum Gasteiger partial charge on any atom is -0.383 e. The third-order valence-electron chi connectivity index (χ3n) is 2.92. The Balaban J connectivity index is 2.30. The maximum atomic E-state index is 6.16. The fourth-order valence-electron chi connectivity index (χ4n) is 2.10. The summed E-state index contributed by atoms with van der Waals surface area (Å²) in [6.07, 6.45) is 1.79. The lowest BCUT2D eigenvalue weighted by atomic mass is 10.2. The maximum absolute atomic E-state index is 6.16. The van der Waals surface area contributed by atoms with Crippen LogP contribution in [0.4, 0.5) is 5.82 Å². The maximum Gasteiger partial charge on any atom is 0.139 e. The van der Waals surface area contributed by atoms with E-state index in [1.165, 1.54) is 9.75 Å². The predicted octanol–water partition coefficient (Wildman–Crippen LogP) is 3.92. The van der Waals surface area contributed by atoms with Crippen LogP contribution in [0.25, 0.3) is 16.9 Å². The molecule has 0 fully saturated rings. The summed E-state index contributed by atoms with van der Waals surface area (Å²) < 4.78 is 1.82. The predicted molar refractivity (Wildman–Crippen MR) is 77.4 cm³/mol. The zero-order chi connectivity index (χ0) is 12.9. The van der Waals surface area contributed by atoms with Gasteiger partial charge < -0.3 is 5.73 Å². The average molecular weight is 278 g/mol. The van der Waals surface area contributed by atoms with Gasteiger partial charge in [-0.3, -0.25) is 4.40 Å². The van der Waals surface area contributed by atoms with Crippen LogP contribution in [0, 0.1) is 13.8 Å². The largest absolute Gasteiger partial charge is 0.383 e. The van der Waals surface area contributed by atoms with Crippen LogP contribution in [0.5, 0.6) is 0 Å². The van der Waals surface area contributed by atoms with Gasteiger partial charge in [-0.25, -0.2) is 4.98 Å². The highest BCUT2D eigenvalue weighted by Crippen LogP contribution is 2.34. The first-order valence-electron chi connectivity index (χ1n) is 5.57. The van der Waals surface area contributed by atoms with Crippen LogP contribution in [0.2, 0.25) is 5.02 Å². The van der Waals surface area contributed by atoms with Gasteiger partial charge in [0, 0.05) is 21.5 Å². The molecule has 3 rings (SSSR count). The van der Waals surface area contributed by atoms with Crippen LogP contribution in [0.3, 0.4) is 0 Å². The number of halogens is 1. The van der Waals surface area contributed by atoms with Crippen molar-refractivity contribution in [3.63, 3.8) is 0 Å². The number of fused-ring (bicyclic) bond motifs is 1. The summed E-state index contributed by atoms with van der Waals surface area (Å²) in [4.78, 5) is 7.08. The Kier molecular flexibility index (Phi) is 2.57. The smallest absolute Gasteiger partial charge is 0.139 e. The monoisotopic (exact) mass is 277 g/mol. The topological polar surface area (TPSA) is 43.3 Å². The molecule has 0 radical (unpaired) electrons. The number of rotatable bonds is 1. The van der Waals surface area contributed by atoms with E-state index in [0.717, 1.165) is 16.9 Å². The van der Waals surface area contributed by atoms with Gasteiger partial charge in [-0.15, -0.1) is 11.3 Å². The Morgan fingerprint density at radius 1 is 1.33 bits per heavy atom. The van der Waals surface area contributed by atoms with Gasteiger partial charge in [0.25, 0.3) is 0 Å². The number of anilines is 1. The molecule has 3 aromatic heterocycles. The molecular weight excluding hydrogens is 266 g/mol. The molecule has 0 aliphatic carbocycles. The van der Waals surface area contributed by atoms with Crippen molar-refractivity contribution < 1.29 is 0 Å². The Hall–Kier alpha value is -1.52. The zero-order valence-electron chi connectivity index (χ0n) is 10.1. The summed E-state index contributed by atoms with van der Waals surface area (Å²) in [7, 11) is 0. The van der Waals surface area contributed by atoms with Crippen molar-refractivity contribution in [2.45, 2.75) is 13.8 Å². The van der Waals surface area contributed by atoms with E-state index in [2.05, 4.69) is 24.9 Å². The van der Waals surface area contributed by atoms with Gasteiger partial charge in [0.05, 0.1) is 5.02 Å². The van der Waals surface area contributed by atoms with Gasteiger partial charge in [0.2, 0.25) is 0 Å². The third-order valence-corrected chi connectivity index (χ3v) is 4.10. The first-order valence-corrected chi connectivity index (χ1v) is 6.76. The molecule has 92 valence electrons. The Morgan fingerprint density at radius 3 is 2.78 bits per heavy atom. The molecule has 5 heteroatoms. The fourth-order valence-corrected chi connectivity index (χ4v) is 3.19. The normalized spacial score (nSPS) is 11.3.